The van der Waals surface area contributed by atoms with Crippen LogP contribution in [-0.4, -0.2) is 37.1 Å². The van der Waals surface area contributed by atoms with Crippen LogP contribution in [0.4, 0.5) is 0 Å². The van der Waals surface area contributed by atoms with Gasteiger partial charge in [0.25, 0.3) is 0 Å². The van der Waals surface area contributed by atoms with E-state index in [1.807, 2.05) is 0 Å². The van der Waals surface area contributed by atoms with Gasteiger partial charge in [0.1, 0.15) is 0 Å². The van der Waals surface area contributed by atoms with Crippen LogP contribution in [0.2, 0.25) is 0 Å². The molecule has 1 rings (SSSR count). The second kappa shape index (κ2) is 7.29. The first-order chi connectivity index (χ1) is 7.59. The van der Waals surface area contributed by atoms with Crippen LogP contribution in [0.25, 0.3) is 0 Å². The summed E-state index contributed by atoms with van der Waals surface area (Å²) in [5, 5.41) is 3.56. The third kappa shape index (κ3) is 6.49. The van der Waals surface area contributed by atoms with E-state index in [-0.39, 0.29) is 0 Å². The van der Waals surface area contributed by atoms with Gasteiger partial charge in [0.15, 0.2) is 0 Å². The van der Waals surface area contributed by atoms with Gasteiger partial charge in [-0.1, -0.05) is 27.7 Å². The van der Waals surface area contributed by atoms with E-state index in [0.29, 0.717) is 0 Å². The highest BCUT2D eigenvalue weighted by atomic mass is 15.2. The normalized spacial score (nSPS) is 16.7. The SMILES string of the molecule is CC(C)CCNCCN(CC(C)C)C1CC1. The largest absolute Gasteiger partial charge is 0.315 e. The van der Waals surface area contributed by atoms with Crippen LogP contribution in [0, 0.1) is 11.8 Å². The molecule has 1 aliphatic carbocycles. The molecule has 0 bridgehead atoms. The van der Waals surface area contributed by atoms with Gasteiger partial charge in [-0.25, -0.2) is 0 Å². The van der Waals surface area contributed by atoms with Gasteiger partial charge in [0, 0.05) is 25.7 Å². The monoisotopic (exact) mass is 226 g/mol. The van der Waals surface area contributed by atoms with Crippen LogP contribution in [-0.2, 0) is 0 Å². The average molecular weight is 226 g/mol. The third-order valence-electron chi connectivity index (χ3n) is 3.14. The van der Waals surface area contributed by atoms with E-state index in [1.165, 1.54) is 38.9 Å². The molecule has 0 spiro atoms. The predicted octanol–water partition coefficient (Wildman–Crippen LogP) is 2.74. The molecule has 2 heteroatoms. The number of nitrogens with one attached hydrogen (secondary N) is 1. The summed E-state index contributed by atoms with van der Waals surface area (Å²) in [5.41, 5.74) is 0. The fraction of sp³-hybridized carbons (Fsp3) is 1.00. The van der Waals surface area contributed by atoms with Crippen molar-refractivity contribution in [2.24, 2.45) is 11.8 Å². The molecule has 0 saturated heterocycles. The lowest BCUT2D eigenvalue weighted by Crippen LogP contribution is -2.36. The first kappa shape index (κ1) is 14.0. The molecule has 0 amide bonds. The molecule has 0 aromatic carbocycles. The van der Waals surface area contributed by atoms with Crippen molar-refractivity contribution in [3.8, 4) is 0 Å². The first-order valence-electron chi connectivity index (χ1n) is 7.04. The summed E-state index contributed by atoms with van der Waals surface area (Å²) < 4.78 is 0. The molecule has 16 heavy (non-hydrogen) atoms. The zero-order valence-corrected chi connectivity index (χ0v) is 11.6. The number of nitrogens with zero attached hydrogens (tertiary/aromatic N) is 1. The molecule has 0 heterocycles. The predicted molar refractivity (Wildman–Crippen MR) is 71.8 cm³/mol. The highest BCUT2D eigenvalue weighted by Crippen LogP contribution is 2.26. The van der Waals surface area contributed by atoms with Gasteiger partial charge in [0.2, 0.25) is 0 Å². The summed E-state index contributed by atoms with van der Waals surface area (Å²) in [6.07, 6.45) is 4.16. The van der Waals surface area contributed by atoms with Crippen molar-refractivity contribution in [3.63, 3.8) is 0 Å². The molecule has 0 aliphatic heterocycles. The lowest BCUT2D eigenvalue weighted by atomic mass is 10.1. The van der Waals surface area contributed by atoms with Crippen LogP contribution in [0.1, 0.15) is 47.0 Å². The zero-order valence-electron chi connectivity index (χ0n) is 11.6. The standard InChI is InChI=1S/C14H30N2/c1-12(2)7-8-15-9-10-16(11-13(3)4)14-5-6-14/h12-15H,5-11H2,1-4H3. The first-order valence-corrected chi connectivity index (χ1v) is 7.04. The van der Waals surface area contributed by atoms with Crippen molar-refractivity contribution in [2.45, 2.75) is 53.0 Å². The smallest absolute Gasteiger partial charge is 0.0110 e. The highest BCUT2D eigenvalue weighted by molar-refractivity contribution is 4.85. The second-order valence-electron chi connectivity index (χ2n) is 6.05. The van der Waals surface area contributed by atoms with E-state index in [9.17, 15) is 0 Å². The summed E-state index contributed by atoms with van der Waals surface area (Å²) in [5.74, 6) is 1.62. The Morgan fingerprint density at radius 2 is 1.75 bits per heavy atom. The van der Waals surface area contributed by atoms with Crippen LogP contribution >= 0.6 is 0 Å². The molecule has 2 nitrogen and oxygen atoms in total. The molecule has 1 saturated carbocycles. The van der Waals surface area contributed by atoms with Crippen molar-refractivity contribution in [1.29, 1.82) is 0 Å². The molecule has 96 valence electrons. The zero-order chi connectivity index (χ0) is 12.0. The Morgan fingerprint density at radius 1 is 1.06 bits per heavy atom. The minimum Gasteiger partial charge on any atom is -0.315 e. The Morgan fingerprint density at radius 3 is 2.25 bits per heavy atom. The second-order valence-corrected chi connectivity index (χ2v) is 6.05. The maximum Gasteiger partial charge on any atom is 0.0110 e. The number of hydrogen-bond acceptors (Lipinski definition) is 2. The average Bonchev–Trinajstić information content (AvgIpc) is 2.97. The van der Waals surface area contributed by atoms with E-state index in [0.717, 1.165) is 24.4 Å². The maximum atomic E-state index is 3.56. The van der Waals surface area contributed by atoms with E-state index in [1.54, 1.807) is 0 Å². The topological polar surface area (TPSA) is 15.3 Å². The van der Waals surface area contributed by atoms with E-state index >= 15 is 0 Å². The summed E-state index contributed by atoms with van der Waals surface area (Å²) >= 11 is 0. The summed E-state index contributed by atoms with van der Waals surface area (Å²) in [4.78, 5) is 2.67. The van der Waals surface area contributed by atoms with E-state index < -0.39 is 0 Å². The van der Waals surface area contributed by atoms with Crippen LogP contribution in [0.15, 0.2) is 0 Å². The summed E-state index contributed by atoms with van der Waals surface area (Å²) in [6, 6.07) is 0.911. The molecule has 0 atom stereocenters. The van der Waals surface area contributed by atoms with Gasteiger partial charge in [-0.05, 0) is 37.6 Å². The number of rotatable bonds is 9. The van der Waals surface area contributed by atoms with Gasteiger partial charge in [-0.3, -0.25) is 4.90 Å². The van der Waals surface area contributed by atoms with Gasteiger partial charge in [-0.15, -0.1) is 0 Å². The summed E-state index contributed by atoms with van der Waals surface area (Å²) in [7, 11) is 0. The Hall–Kier alpha value is -0.0800. The van der Waals surface area contributed by atoms with Gasteiger partial charge in [-0.2, -0.15) is 0 Å². The molecular formula is C14H30N2. The van der Waals surface area contributed by atoms with Crippen molar-refractivity contribution in [1.82, 2.24) is 10.2 Å². The Labute approximate surface area is 102 Å². The molecule has 1 N–H and O–H groups in total. The molecule has 0 radical (unpaired) electrons. The third-order valence-corrected chi connectivity index (χ3v) is 3.14. The van der Waals surface area contributed by atoms with E-state index in [4.69, 9.17) is 0 Å². The summed E-state index contributed by atoms with van der Waals surface area (Å²) in [6.45, 7) is 14.1. The lowest BCUT2D eigenvalue weighted by Gasteiger charge is -2.24. The quantitative estimate of drug-likeness (QED) is 0.608. The Kier molecular flexibility index (Phi) is 6.37. The van der Waals surface area contributed by atoms with Gasteiger partial charge < -0.3 is 5.32 Å². The van der Waals surface area contributed by atoms with Gasteiger partial charge in [0.05, 0.1) is 0 Å². The molecular weight excluding hydrogens is 196 g/mol. The van der Waals surface area contributed by atoms with Crippen LogP contribution in [0.3, 0.4) is 0 Å². The molecule has 1 aliphatic rings. The van der Waals surface area contributed by atoms with Gasteiger partial charge >= 0.3 is 0 Å². The Balaban J connectivity index is 2.03. The van der Waals surface area contributed by atoms with Crippen molar-refractivity contribution >= 4 is 0 Å². The van der Waals surface area contributed by atoms with Crippen LogP contribution < -0.4 is 5.32 Å². The fourth-order valence-corrected chi connectivity index (χ4v) is 2.07. The lowest BCUT2D eigenvalue weighted by molar-refractivity contribution is 0.234. The van der Waals surface area contributed by atoms with Crippen molar-refractivity contribution in [2.75, 3.05) is 26.2 Å². The molecule has 0 aromatic heterocycles. The van der Waals surface area contributed by atoms with Crippen molar-refractivity contribution in [3.05, 3.63) is 0 Å². The minimum atomic E-state index is 0.802. The fourth-order valence-electron chi connectivity index (χ4n) is 2.07. The maximum absolute atomic E-state index is 3.56. The van der Waals surface area contributed by atoms with Crippen molar-refractivity contribution < 1.29 is 0 Å². The van der Waals surface area contributed by atoms with E-state index in [2.05, 4.69) is 37.9 Å². The molecule has 1 fully saturated rings. The Bertz CT molecular complexity index is 174. The highest BCUT2D eigenvalue weighted by Gasteiger charge is 2.28. The minimum absolute atomic E-state index is 0.802. The van der Waals surface area contributed by atoms with Crippen LogP contribution in [0.5, 0.6) is 0 Å². The number of hydrogen-bond donors (Lipinski definition) is 1. The molecule has 0 unspecified atom stereocenters. The molecule has 0 aromatic rings.